The third kappa shape index (κ3) is 4.25. The lowest BCUT2D eigenvalue weighted by molar-refractivity contribution is -0.142. The van der Waals surface area contributed by atoms with Crippen LogP contribution in [0.25, 0.3) is 11.1 Å². The summed E-state index contributed by atoms with van der Waals surface area (Å²) in [5.74, 6) is 0. The van der Waals surface area contributed by atoms with Crippen molar-refractivity contribution in [2.45, 2.75) is 19.3 Å². The second-order valence-corrected chi connectivity index (χ2v) is 3.95. The van der Waals surface area contributed by atoms with Gasteiger partial charge in [0.2, 0.25) is 0 Å². The molecule has 0 atom stereocenters. The van der Waals surface area contributed by atoms with E-state index in [1.807, 2.05) is 24.3 Å². The fourth-order valence-electron chi connectivity index (χ4n) is 1.66. The Balaban J connectivity index is 0.00000180. The van der Waals surface area contributed by atoms with E-state index in [2.05, 4.69) is 5.10 Å². The molecule has 0 aliphatic heterocycles. The highest BCUT2D eigenvalue weighted by molar-refractivity contribution is 5.85. The Morgan fingerprint density at radius 3 is 2.58 bits per heavy atom. The average Bonchev–Trinajstić information content (AvgIpc) is 2.75. The number of nitrogens with zero attached hydrogens (tertiary/aromatic N) is 2. The van der Waals surface area contributed by atoms with Crippen molar-refractivity contribution in [2.75, 3.05) is 0 Å². The Labute approximate surface area is 114 Å². The molecule has 0 unspecified atom stereocenters. The van der Waals surface area contributed by atoms with Crippen LogP contribution in [0.1, 0.15) is 5.56 Å². The smallest absolute Gasteiger partial charge is 0.326 e. The second-order valence-electron chi connectivity index (χ2n) is 3.95. The predicted molar refractivity (Wildman–Crippen MR) is 68.9 cm³/mol. The van der Waals surface area contributed by atoms with Crippen LogP contribution in [0.2, 0.25) is 0 Å². The van der Waals surface area contributed by atoms with Gasteiger partial charge in [0.15, 0.2) is 0 Å². The van der Waals surface area contributed by atoms with Gasteiger partial charge >= 0.3 is 6.18 Å². The maximum atomic E-state index is 12.2. The lowest BCUT2D eigenvalue weighted by Gasteiger charge is -2.05. The lowest BCUT2D eigenvalue weighted by atomic mass is 10.1. The summed E-state index contributed by atoms with van der Waals surface area (Å²) in [5, 5.41) is 3.70. The molecular weight excluding hydrogens is 279 g/mol. The minimum absolute atomic E-state index is 0. The standard InChI is InChI=1S/C12H12F3N3.ClH/c13-12(14,15)8-18-7-11(6-17-18)10-3-1-2-9(4-10)5-16;/h1-4,6-7H,5,8,16H2;1H. The van der Waals surface area contributed by atoms with Crippen LogP contribution >= 0.6 is 12.4 Å². The highest BCUT2D eigenvalue weighted by atomic mass is 35.5. The summed E-state index contributed by atoms with van der Waals surface area (Å²) in [6.07, 6.45) is -1.47. The normalized spacial score (nSPS) is 11.2. The van der Waals surface area contributed by atoms with E-state index >= 15 is 0 Å². The molecular formula is C12H13ClF3N3. The van der Waals surface area contributed by atoms with Crippen molar-refractivity contribution in [3.05, 3.63) is 42.2 Å². The molecule has 2 rings (SSSR count). The maximum absolute atomic E-state index is 12.2. The summed E-state index contributed by atoms with van der Waals surface area (Å²) in [4.78, 5) is 0. The topological polar surface area (TPSA) is 43.8 Å². The molecule has 0 radical (unpaired) electrons. The molecule has 0 aliphatic carbocycles. The molecule has 104 valence electrons. The molecule has 0 fully saturated rings. The van der Waals surface area contributed by atoms with Gasteiger partial charge in [0, 0.05) is 18.3 Å². The van der Waals surface area contributed by atoms with Crippen molar-refractivity contribution in [3.63, 3.8) is 0 Å². The number of halogens is 4. The third-order valence-electron chi connectivity index (χ3n) is 2.47. The van der Waals surface area contributed by atoms with Gasteiger partial charge in [0.1, 0.15) is 6.54 Å². The molecule has 1 aromatic carbocycles. The monoisotopic (exact) mass is 291 g/mol. The van der Waals surface area contributed by atoms with Crippen LogP contribution in [-0.2, 0) is 13.1 Å². The summed E-state index contributed by atoms with van der Waals surface area (Å²) < 4.78 is 37.5. The van der Waals surface area contributed by atoms with Gasteiger partial charge in [-0.3, -0.25) is 4.68 Å². The van der Waals surface area contributed by atoms with Gasteiger partial charge in [0.25, 0.3) is 0 Å². The first-order valence-corrected chi connectivity index (χ1v) is 5.36. The van der Waals surface area contributed by atoms with Gasteiger partial charge in [-0.05, 0) is 17.2 Å². The Bertz CT molecular complexity index is 537. The first-order valence-electron chi connectivity index (χ1n) is 5.36. The van der Waals surface area contributed by atoms with E-state index in [1.165, 1.54) is 12.4 Å². The third-order valence-corrected chi connectivity index (χ3v) is 2.47. The molecule has 1 aromatic heterocycles. The van der Waals surface area contributed by atoms with Crippen molar-refractivity contribution in [1.82, 2.24) is 9.78 Å². The van der Waals surface area contributed by atoms with Crippen molar-refractivity contribution in [3.8, 4) is 11.1 Å². The highest BCUT2D eigenvalue weighted by Crippen LogP contribution is 2.22. The zero-order chi connectivity index (χ0) is 13.2. The van der Waals surface area contributed by atoms with Gasteiger partial charge in [-0.15, -0.1) is 12.4 Å². The fourth-order valence-corrected chi connectivity index (χ4v) is 1.66. The first-order chi connectivity index (χ1) is 8.48. The molecule has 0 aliphatic rings. The molecule has 2 N–H and O–H groups in total. The fraction of sp³-hybridized carbons (Fsp3) is 0.250. The average molecular weight is 292 g/mol. The van der Waals surface area contributed by atoms with Gasteiger partial charge in [0.05, 0.1) is 6.20 Å². The quantitative estimate of drug-likeness (QED) is 0.945. The zero-order valence-electron chi connectivity index (χ0n) is 9.89. The van der Waals surface area contributed by atoms with Crippen LogP contribution in [0, 0.1) is 0 Å². The number of aromatic nitrogens is 2. The number of nitrogens with two attached hydrogens (primary N) is 1. The van der Waals surface area contributed by atoms with Crippen LogP contribution in [0.3, 0.4) is 0 Å². The van der Waals surface area contributed by atoms with E-state index in [0.29, 0.717) is 12.1 Å². The van der Waals surface area contributed by atoms with Crippen LogP contribution in [0.4, 0.5) is 13.2 Å². The summed E-state index contributed by atoms with van der Waals surface area (Å²) in [7, 11) is 0. The van der Waals surface area contributed by atoms with Crippen molar-refractivity contribution in [2.24, 2.45) is 5.73 Å². The molecule has 0 saturated carbocycles. The molecule has 7 heteroatoms. The Kier molecular flexibility index (Phi) is 4.97. The second kappa shape index (κ2) is 6.08. The number of hydrogen-bond acceptors (Lipinski definition) is 2. The van der Waals surface area contributed by atoms with E-state index in [1.54, 1.807) is 0 Å². The zero-order valence-corrected chi connectivity index (χ0v) is 10.7. The van der Waals surface area contributed by atoms with Gasteiger partial charge in [-0.2, -0.15) is 18.3 Å². The number of alkyl halides is 3. The van der Waals surface area contributed by atoms with Gasteiger partial charge < -0.3 is 5.73 Å². The number of hydrogen-bond donors (Lipinski definition) is 1. The van der Waals surface area contributed by atoms with E-state index in [9.17, 15) is 13.2 Å². The minimum Gasteiger partial charge on any atom is -0.326 e. The van der Waals surface area contributed by atoms with E-state index < -0.39 is 12.7 Å². The van der Waals surface area contributed by atoms with Gasteiger partial charge in [-0.1, -0.05) is 18.2 Å². The van der Waals surface area contributed by atoms with Crippen molar-refractivity contribution < 1.29 is 13.2 Å². The summed E-state index contributed by atoms with van der Waals surface area (Å²) in [5.41, 5.74) is 7.90. The van der Waals surface area contributed by atoms with Crippen molar-refractivity contribution >= 4 is 12.4 Å². The summed E-state index contributed by atoms with van der Waals surface area (Å²) >= 11 is 0. The molecule has 0 bridgehead atoms. The first kappa shape index (κ1) is 15.5. The van der Waals surface area contributed by atoms with E-state index in [0.717, 1.165) is 15.8 Å². The molecule has 0 amide bonds. The predicted octanol–water partition coefficient (Wildman–Crippen LogP) is 2.99. The van der Waals surface area contributed by atoms with E-state index in [4.69, 9.17) is 5.73 Å². The van der Waals surface area contributed by atoms with Crippen LogP contribution in [0.15, 0.2) is 36.7 Å². The largest absolute Gasteiger partial charge is 0.408 e. The molecule has 0 saturated heterocycles. The molecule has 19 heavy (non-hydrogen) atoms. The number of rotatable bonds is 3. The SMILES string of the molecule is Cl.NCc1cccc(-c2cnn(CC(F)(F)F)c2)c1. The van der Waals surface area contributed by atoms with Crippen LogP contribution in [-0.4, -0.2) is 16.0 Å². The van der Waals surface area contributed by atoms with Crippen molar-refractivity contribution in [1.29, 1.82) is 0 Å². The molecule has 3 nitrogen and oxygen atoms in total. The molecule has 1 heterocycles. The molecule has 0 spiro atoms. The minimum atomic E-state index is -4.26. The Morgan fingerprint density at radius 1 is 1.21 bits per heavy atom. The Morgan fingerprint density at radius 2 is 1.95 bits per heavy atom. The van der Waals surface area contributed by atoms with E-state index in [-0.39, 0.29) is 12.4 Å². The Hall–Kier alpha value is -1.53. The summed E-state index contributed by atoms with van der Waals surface area (Å²) in [6.45, 7) is -0.686. The summed E-state index contributed by atoms with van der Waals surface area (Å²) in [6, 6.07) is 7.34. The van der Waals surface area contributed by atoms with Crippen LogP contribution in [0.5, 0.6) is 0 Å². The maximum Gasteiger partial charge on any atom is 0.408 e. The lowest BCUT2D eigenvalue weighted by Crippen LogP contribution is -2.17. The highest BCUT2D eigenvalue weighted by Gasteiger charge is 2.28. The van der Waals surface area contributed by atoms with Gasteiger partial charge in [-0.25, -0.2) is 0 Å². The van der Waals surface area contributed by atoms with Crippen LogP contribution < -0.4 is 5.73 Å². The number of benzene rings is 1. The molecule has 2 aromatic rings.